The summed E-state index contributed by atoms with van der Waals surface area (Å²) >= 11 is 0. The van der Waals surface area contributed by atoms with Crippen LogP contribution in [-0.2, 0) is 0 Å². The van der Waals surface area contributed by atoms with Gasteiger partial charge in [0.25, 0.3) is 11.8 Å². The highest BCUT2D eigenvalue weighted by Crippen LogP contribution is 2.34. The zero-order valence-electron chi connectivity index (χ0n) is 13.4. The van der Waals surface area contributed by atoms with Gasteiger partial charge in [-0.1, -0.05) is 24.3 Å². The Morgan fingerprint density at radius 1 is 0.875 bits per heavy atom. The number of carbonyl (C=O) groups excluding carboxylic acids is 2. The summed E-state index contributed by atoms with van der Waals surface area (Å²) in [5.41, 5.74) is 2.44. The van der Waals surface area contributed by atoms with Gasteiger partial charge in [-0.05, 0) is 48.2 Å². The summed E-state index contributed by atoms with van der Waals surface area (Å²) in [5.74, 6) is 0.100. The summed E-state index contributed by atoms with van der Waals surface area (Å²) in [6.45, 7) is 1.93. The molecule has 0 saturated carbocycles. The Balaban J connectivity index is 1.91. The van der Waals surface area contributed by atoms with Crippen molar-refractivity contribution < 1.29 is 14.3 Å². The van der Waals surface area contributed by atoms with E-state index in [9.17, 15) is 9.59 Å². The molecule has 24 heavy (non-hydrogen) atoms. The van der Waals surface area contributed by atoms with Crippen LogP contribution in [0.15, 0.2) is 54.6 Å². The second-order valence-electron chi connectivity index (χ2n) is 5.86. The normalized spacial score (nSPS) is 13.5. The minimum atomic E-state index is -0.298. The van der Waals surface area contributed by atoms with Crippen LogP contribution in [0.1, 0.15) is 26.3 Å². The van der Waals surface area contributed by atoms with Crippen LogP contribution in [0.2, 0.25) is 0 Å². The molecule has 0 unspecified atom stereocenters. The molecule has 0 bridgehead atoms. The molecule has 0 radical (unpaired) electrons. The minimum absolute atomic E-state index is 0.287. The Hall–Kier alpha value is -3.14. The molecule has 4 heteroatoms. The first-order valence-electron chi connectivity index (χ1n) is 7.66. The Bertz CT molecular complexity index is 1010. The van der Waals surface area contributed by atoms with E-state index in [-0.39, 0.29) is 11.8 Å². The van der Waals surface area contributed by atoms with E-state index in [4.69, 9.17) is 4.74 Å². The molecule has 0 spiro atoms. The second kappa shape index (κ2) is 5.20. The molecular weight excluding hydrogens is 302 g/mol. The predicted molar refractivity (Wildman–Crippen MR) is 92.8 cm³/mol. The van der Waals surface area contributed by atoms with Crippen LogP contribution in [0.3, 0.4) is 0 Å². The van der Waals surface area contributed by atoms with E-state index in [1.165, 1.54) is 4.90 Å². The van der Waals surface area contributed by atoms with E-state index >= 15 is 0 Å². The Morgan fingerprint density at radius 2 is 1.58 bits per heavy atom. The van der Waals surface area contributed by atoms with Gasteiger partial charge in [-0.3, -0.25) is 9.59 Å². The van der Waals surface area contributed by atoms with Crippen LogP contribution in [0.5, 0.6) is 5.75 Å². The molecule has 0 N–H and O–H groups in total. The average Bonchev–Trinajstić information content (AvgIpc) is 2.83. The van der Waals surface area contributed by atoms with Gasteiger partial charge in [0.2, 0.25) is 0 Å². The molecule has 2 amide bonds. The average molecular weight is 317 g/mol. The van der Waals surface area contributed by atoms with E-state index in [2.05, 4.69) is 0 Å². The van der Waals surface area contributed by atoms with E-state index < -0.39 is 0 Å². The van der Waals surface area contributed by atoms with Crippen LogP contribution in [0.25, 0.3) is 10.8 Å². The lowest BCUT2D eigenvalue weighted by Gasteiger charge is -2.14. The van der Waals surface area contributed by atoms with E-state index in [0.29, 0.717) is 22.6 Å². The van der Waals surface area contributed by atoms with Crippen molar-refractivity contribution in [2.45, 2.75) is 6.92 Å². The van der Waals surface area contributed by atoms with Gasteiger partial charge in [0.1, 0.15) is 5.75 Å². The maximum Gasteiger partial charge on any atom is 0.266 e. The van der Waals surface area contributed by atoms with Gasteiger partial charge >= 0.3 is 0 Å². The van der Waals surface area contributed by atoms with Gasteiger partial charge in [0.15, 0.2) is 0 Å². The van der Waals surface area contributed by atoms with Crippen LogP contribution in [0.4, 0.5) is 5.69 Å². The lowest BCUT2D eigenvalue weighted by molar-refractivity contribution is 0.0926. The highest BCUT2D eigenvalue weighted by Gasteiger charge is 2.37. The summed E-state index contributed by atoms with van der Waals surface area (Å²) in [7, 11) is 1.59. The minimum Gasteiger partial charge on any atom is -0.496 e. The standard InChI is InChI=1S/C20H15NO3/c1-12-5-3-7-14(9-12)21-19(22)16-10-13-6-4-8-18(24-2)15(13)11-17(16)20(21)23/h3-11H,1-2H3. The predicted octanol–water partition coefficient (Wildman–Crippen LogP) is 3.96. The van der Waals surface area contributed by atoms with E-state index in [1.807, 2.05) is 43.3 Å². The highest BCUT2D eigenvalue weighted by atomic mass is 16.5. The molecule has 1 aliphatic rings. The number of rotatable bonds is 2. The maximum atomic E-state index is 12.8. The number of ether oxygens (including phenoxy) is 1. The van der Waals surface area contributed by atoms with Crippen LogP contribution in [0, 0.1) is 6.92 Å². The van der Waals surface area contributed by atoms with Crippen molar-refractivity contribution >= 4 is 28.3 Å². The number of hydrogen-bond acceptors (Lipinski definition) is 3. The number of aryl methyl sites for hydroxylation is 1. The molecule has 1 aliphatic heterocycles. The molecule has 0 fully saturated rings. The third-order valence-electron chi connectivity index (χ3n) is 4.33. The first-order valence-corrected chi connectivity index (χ1v) is 7.66. The maximum absolute atomic E-state index is 12.8. The largest absolute Gasteiger partial charge is 0.496 e. The number of methoxy groups -OCH3 is 1. The zero-order chi connectivity index (χ0) is 16.8. The topological polar surface area (TPSA) is 46.6 Å². The van der Waals surface area contributed by atoms with Gasteiger partial charge in [-0.15, -0.1) is 0 Å². The first kappa shape index (κ1) is 14.5. The first-order chi connectivity index (χ1) is 11.6. The molecule has 0 aliphatic carbocycles. The molecule has 0 atom stereocenters. The lowest BCUT2D eigenvalue weighted by atomic mass is 10.0. The number of carbonyl (C=O) groups is 2. The summed E-state index contributed by atoms with van der Waals surface area (Å²) in [6.07, 6.45) is 0. The number of fused-ring (bicyclic) bond motifs is 2. The number of anilines is 1. The van der Waals surface area contributed by atoms with Crippen molar-refractivity contribution in [1.82, 2.24) is 0 Å². The van der Waals surface area contributed by atoms with Gasteiger partial charge in [-0.2, -0.15) is 0 Å². The molecule has 118 valence electrons. The molecule has 4 nitrogen and oxygen atoms in total. The van der Waals surface area contributed by atoms with Gasteiger partial charge in [0.05, 0.1) is 23.9 Å². The monoisotopic (exact) mass is 317 g/mol. The van der Waals surface area contributed by atoms with Gasteiger partial charge in [0, 0.05) is 5.39 Å². The second-order valence-corrected chi connectivity index (χ2v) is 5.86. The van der Waals surface area contributed by atoms with Gasteiger partial charge in [-0.25, -0.2) is 4.90 Å². The van der Waals surface area contributed by atoms with Crippen molar-refractivity contribution in [3.63, 3.8) is 0 Å². The highest BCUT2D eigenvalue weighted by molar-refractivity contribution is 6.35. The summed E-state index contributed by atoms with van der Waals surface area (Å²) in [5, 5.41) is 1.70. The SMILES string of the molecule is COc1cccc2cc3c(cc12)C(=O)N(c1cccc(C)c1)C3=O. The molecule has 3 aromatic carbocycles. The molecule has 4 rings (SSSR count). The van der Waals surface area contributed by atoms with E-state index in [1.54, 1.807) is 25.3 Å². The quantitative estimate of drug-likeness (QED) is 0.672. The lowest BCUT2D eigenvalue weighted by Crippen LogP contribution is -2.29. The number of hydrogen-bond donors (Lipinski definition) is 0. The van der Waals surface area contributed by atoms with Crippen molar-refractivity contribution in [1.29, 1.82) is 0 Å². The number of nitrogens with zero attached hydrogens (tertiary/aromatic N) is 1. The van der Waals surface area contributed by atoms with Crippen molar-refractivity contribution in [2.75, 3.05) is 12.0 Å². The van der Waals surface area contributed by atoms with Crippen LogP contribution >= 0.6 is 0 Å². The summed E-state index contributed by atoms with van der Waals surface area (Å²) in [4.78, 5) is 26.9. The fraction of sp³-hybridized carbons (Fsp3) is 0.100. The Kier molecular flexibility index (Phi) is 3.13. The van der Waals surface area contributed by atoms with Crippen molar-refractivity contribution in [2.24, 2.45) is 0 Å². The van der Waals surface area contributed by atoms with Gasteiger partial charge < -0.3 is 4.74 Å². The molecule has 0 saturated heterocycles. The fourth-order valence-corrected chi connectivity index (χ4v) is 3.16. The van der Waals surface area contributed by atoms with Crippen LogP contribution in [-0.4, -0.2) is 18.9 Å². The molecule has 1 heterocycles. The van der Waals surface area contributed by atoms with Crippen molar-refractivity contribution in [3.05, 3.63) is 71.3 Å². The molecular formula is C20H15NO3. The van der Waals surface area contributed by atoms with Crippen molar-refractivity contribution in [3.8, 4) is 5.75 Å². The zero-order valence-corrected chi connectivity index (χ0v) is 13.4. The summed E-state index contributed by atoms with van der Waals surface area (Å²) < 4.78 is 5.37. The Labute approximate surface area is 139 Å². The third kappa shape index (κ3) is 2.00. The fourth-order valence-electron chi connectivity index (χ4n) is 3.16. The molecule has 3 aromatic rings. The number of amides is 2. The number of benzene rings is 3. The summed E-state index contributed by atoms with van der Waals surface area (Å²) in [6, 6.07) is 16.5. The smallest absolute Gasteiger partial charge is 0.266 e. The third-order valence-corrected chi connectivity index (χ3v) is 4.33. The number of imide groups is 1. The van der Waals surface area contributed by atoms with E-state index in [0.717, 1.165) is 16.3 Å². The molecule has 0 aromatic heterocycles. The van der Waals surface area contributed by atoms with Crippen LogP contribution < -0.4 is 9.64 Å². The Morgan fingerprint density at radius 3 is 2.29 bits per heavy atom.